The zero-order chi connectivity index (χ0) is 18.1. The standard InChI is InChI=1S/C20H29N5O/c1-15(13-24-9-4-3-5-10-24)20(26)25-11-7-16(14-25)19-22-17-6-8-21-12-18(17)23(19)2/h6,8,12,15-16H,3-5,7,9-11,13-14H2,1-2H3. The van der Waals surface area contributed by atoms with Gasteiger partial charge in [0.15, 0.2) is 0 Å². The molecular formula is C20H29N5O. The molecule has 0 saturated carbocycles. The van der Waals surface area contributed by atoms with Crippen LogP contribution in [0.15, 0.2) is 18.5 Å². The number of nitrogens with zero attached hydrogens (tertiary/aromatic N) is 5. The molecule has 6 nitrogen and oxygen atoms in total. The normalized spacial score (nSPS) is 22.8. The fraction of sp³-hybridized carbons (Fsp3) is 0.650. The minimum Gasteiger partial charge on any atom is -0.342 e. The minimum absolute atomic E-state index is 0.0801. The van der Waals surface area contributed by atoms with E-state index in [1.54, 1.807) is 6.20 Å². The van der Waals surface area contributed by atoms with Crippen LogP contribution in [0, 0.1) is 5.92 Å². The van der Waals surface area contributed by atoms with Gasteiger partial charge < -0.3 is 14.4 Å². The van der Waals surface area contributed by atoms with Crippen molar-refractivity contribution in [3.05, 3.63) is 24.3 Å². The van der Waals surface area contributed by atoms with Crippen LogP contribution in [0.4, 0.5) is 0 Å². The van der Waals surface area contributed by atoms with Gasteiger partial charge in [0.2, 0.25) is 5.91 Å². The van der Waals surface area contributed by atoms with E-state index in [2.05, 4.69) is 33.3 Å². The van der Waals surface area contributed by atoms with Gasteiger partial charge in [0.1, 0.15) is 5.82 Å². The number of hydrogen-bond acceptors (Lipinski definition) is 4. The second-order valence-corrected chi connectivity index (χ2v) is 7.93. The van der Waals surface area contributed by atoms with Gasteiger partial charge in [0, 0.05) is 44.7 Å². The lowest BCUT2D eigenvalue weighted by molar-refractivity contribution is -0.134. The number of aryl methyl sites for hydroxylation is 1. The van der Waals surface area contributed by atoms with E-state index in [9.17, 15) is 4.79 Å². The third-order valence-electron chi connectivity index (χ3n) is 5.99. The second kappa shape index (κ2) is 7.35. The summed E-state index contributed by atoms with van der Waals surface area (Å²) in [5.41, 5.74) is 2.05. The van der Waals surface area contributed by atoms with Crippen molar-refractivity contribution in [3.63, 3.8) is 0 Å². The first-order valence-corrected chi connectivity index (χ1v) is 9.91. The number of aromatic nitrogens is 3. The van der Waals surface area contributed by atoms with Crippen molar-refractivity contribution in [2.24, 2.45) is 13.0 Å². The highest BCUT2D eigenvalue weighted by atomic mass is 16.2. The van der Waals surface area contributed by atoms with Gasteiger partial charge in [-0.2, -0.15) is 0 Å². The van der Waals surface area contributed by atoms with Crippen LogP contribution in [0.1, 0.15) is 44.3 Å². The van der Waals surface area contributed by atoms with Crippen molar-refractivity contribution in [1.29, 1.82) is 0 Å². The molecule has 2 aromatic rings. The largest absolute Gasteiger partial charge is 0.342 e. The topological polar surface area (TPSA) is 54.3 Å². The van der Waals surface area contributed by atoms with Crippen molar-refractivity contribution in [2.45, 2.75) is 38.5 Å². The lowest BCUT2D eigenvalue weighted by Gasteiger charge is -2.30. The Labute approximate surface area is 155 Å². The number of carbonyl (C=O) groups is 1. The van der Waals surface area contributed by atoms with Crippen molar-refractivity contribution < 1.29 is 4.79 Å². The zero-order valence-electron chi connectivity index (χ0n) is 15.9. The Balaban J connectivity index is 1.40. The lowest BCUT2D eigenvalue weighted by Crippen LogP contribution is -2.41. The molecule has 1 amide bonds. The average Bonchev–Trinajstić information content (AvgIpc) is 3.27. The summed E-state index contributed by atoms with van der Waals surface area (Å²) in [6, 6.07) is 1.96. The van der Waals surface area contributed by atoms with Gasteiger partial charge in [-0.1, -0.05) is 13.3 Å². The fourth-order valence-corrected chi connectivity index (χ4v) is 4.51. The van der Waals surface area contributed by atoms with Crippen LogP contribution in [0.5, 0.6) is 0 Å². The fourth-order valence-electron chi connectivity index (χ4n) is 4.51. The Kier molecular flexibility index (Phi) is 4.94. The summed E-state index contributed by atoms with van der Waals surface area (Å²) in [5.74, 6) is 1.78. The number of hydrogen-bond donors (Lipinski definition) is 0. The summed E-state index contributed by atoms with van der Waals surface area (Å²) < 4.78 is 2.14. The molecule has 2 unspecified atom stereocenters. The number of imidazole rings is 1. The quantitative estimate of drug-likeness (QED) is 0.845. The molecule has 2 aliphatic heterocycles. The van der Waals surface area contributed by atoms with E-state index in [1.165, 1.54) is 19.3 Å². The molecule has 2 aromatic heterocycles. The van der Waals surface area contributed by atoms with E-state index in [0.717, 1.165) is 56.0 Å². The molecular weight excluding hydrogens is 326 g/mol. The minimum atomic E-state index is 0.0801. The van der Waals surface area contributed by atoms with E-state index in [4.69, 9.17) is 4.98 Å². The molecule has 0 radical (unpaired) electrons. The van der Waals surface area contributed by atoms with Crippen LogP contribution in [0.25, 0.3) is 11.0 Å². The Morgan fingerprint density at radius 3 is 2.85 bits per heavy atom. The van der Waals surface area contributed by atoms with Crippen molar-refractivity contribution in [3.8, 4) is 0 Å². The lowest BCUT2D eigenvalue weighted by atomic mass is 10.1. The molecule has 2 fully saturated rings. The number of piperidine rings is 1. The van der Waals surface area contributed by atoms with Gasteiger partial charge in [-0.25, -0.2) is 4.98 Å². The maximum atomic E-state index is 12.9. The van der Waals surface area contributed by atoms with Crippen LogP contribution in [0.3, 0.4) is 0 Å². The first-order valence-electron chi connectivity index (χ1n) is 9.91. The first kappa shape index (κ1) is 17.5. The second-order valence-electron chi connectivity index (χ2n) is 7.93. The molecule has 2 aliphatic rings. The number of likely N-dealkylation sites (tertiary alicyclic amines) is 2. The number of amides is 1. The Bertz CT molecular complexity index is 780. The molecule has 4 rings (SSSR count). The van der Waals surface area contributed by atoms with Gasteiger partial charge >= 0.3 is 0 Å². The van der Waals surface area contributed by atoms with Gasteiger partial charge in [-0.3, -0.25) is 9.78 Å². The van der Waals surface area contributed by atoms with E-state index < -0.39 is 0 Å². The predicted octanol–water partition coefficient (Wildman–Crippen LogP) is 2.41. The van der Waals surface area contributed by atoms with E-state index in [1.807, 2.05) is 12.3 Å². The van der Waals surface area contributed by atoms with E-state index in [0.29, 0.717) is 11.8 Å². The van der Waals surface area contributed by atoms with Gasteiger partial charge in [0.05, 0.1) is 17.2 Å². The molecule has 2 atom stereocenters. The van der Waals surface area contributed by atoms with Crippen LogP contribution in [-0.4, -0.2) is 63.0 Å². The summed E-state index contributed by atoms with van der Waals surface area (Å²) in [5, 5.41) is 0. The average molecular weight is 355 g/mol. The molecule has 2 saturated heterocycles. The summed E-state index contributed by atoms with van der Waals surface area (Å²) in [6.45, 7) is 6.91. The molecule has 0 aromatic carbocycles. The maximum Gasteiger partial charge on any atom is 0.226 e. The molecule has 26 heavy (non-hydrogen) atoms. The maximum absolute atomic E-state index is 12.9. The highest BCUT2D eigenvalue weighted by Crippen LogP contribution is 2.29. The smallest absolute Gasteiger partial charge is 0.226 e. The van der Waals surface area contributed by atoms with E-state index >= 15 is 0 Å². The van der Waals surface area contributed by atoms with Crippen LogP contribution < -0.4 is 0 Å². The summed E-state index contributed by atoms with van der Waals surface area (Å²) in [7, 11) is 2.05. The van der Waals surface area contributed by atoms with E-state index in [-0.39, 0.29) is 5.92 Å². The highest BCUT2D eigenvalue weighted by molar-refractivity contribution is 5.79. The zero-order valence-corrected chi connectivity index (χ0v) is 15.9. The van der Waals surface area contributed by atoms with Crippen molar-refractivity contribution >= 4 is 16.9 Å². The predicted molar refractivity (Wildman–Crippen MR) is 102 cm³/mol. The Hall–Kier alpha value is -1.95. The SMILES string of the molecule is CC(CN1CCCCC1)C(=O)N1CCC(c2nc3ccncc3n2C)C1. The van der Waals surface area contributed by atoms with Gasteiger partial charge in [0.25, 0.3) is 0 Å². The van der Waals surface area contributed by atoms with Gasteiger partial charge in [-0.05, 0) is 38.4 Å². The number of pyridine rings is 1. The molecule has 0 bridgehead atoms. The number of carbonyl (C=O) groups excluding carboxylic acids is 1. The summed E-state index contributed by atoms with van der Waals surface area (Å²) in [4.78, 5) is 26.4. The Morgan fingerprint density at radius 1 is 1.27 bits per heavy atom. The Morgan fingerprint density at radius 2 is 2.08 bits per heavy atom. The highest BCUT2D eigenvalue weighted by Gasteiger charge is 2.32. The van der Waals surface area contributed by atoms with Crippen LogP contribution in [0.2, 0.25) is 0 Å². The monoisotopic (exact) mass is 355 g/mol. The molecule has 6 heteroatoms. The van der Waals surface area contributed by atoms with Crippen LogP contribution in [-0.2, 0) is 11.8 Å². The van der Waals surface area contributed by atoms with Gasteiger partial charge in [-0.15, -0.1) is 0 Å². The molecule has 140 valence electrons. The third-order valence-corrected chi connectivity index (χ3v) is 5.99. The first-order chi connectivity index (χ1) is 12.6. The summed E-state index contributed by atoms with van der Waals surface area (Å²) in [6.07, 6.45) is 8.52. The molecule has 0 aliphatic carbocycles. The number of fused-ring (bicyclic) bond motifs is 1. The number of rotatable bonds is 4. The van der Waals surface area contributed by atoms with Crippen LogP contribution >= 0.6 is 0 Å². The van der Waals surface area contributed by atoms with Crippen molar-refractivity contribution in [2.75, 3.05) is 32.7 Å². The summed E-state index contributed by atoms with van der Waals surface area (Å²) >= 11 is 0. The molecule has 0 N–H and O–H groups in total. The third kappa shape index (κ3) is 3.34. The van der Waals surface area contributed by atoms with Crippen molar-refractivity contribution in [1.82, 2.24) is 24.3 Å². The molecule has 0 spiro atoms. The molecule has 4 heterocycles.